The first-order valence-electron chi connectivity index (χ1n) is 3.91. The highest BCUT2D eigenvalue weighted by Crippen LogP contribution is 2.48. The zero-order valence-electron chi connectivity index (χ0n) is 6.42. The van der Waals surface area contributed by atoms with E-state index in [1.54, 1.807) is 0 Å². The van der Waals surface area contributed by atoms with E-state index < -0.39 is 5.41 Å². The van der Waals surface area contributed by atoms with Crippen molar-refractivity contribution in [2.75, 3.05) is 0 Å². The van der Waals surface area contributed by atoms with Gasteiger partial charge in [-0.1, -0.05) is 6.42 Å². The Hall–Kier alpha value is -0.860. The van der Waals surface area contributed by atoms with Gasteiger partial charge in [0.15, 0.2) is 0 Å². The molecule has 2 fully saturated rings. The number of fused-ring (bicyclic) bond motifs is 1. The molecule has 0 spiro atoms. The third-order valence-corrected chi connectivity index (χ3v) is 2.90. The summed E-state index contributed by atoms with van der Waals surface area (Å²) in [5, 5.41) is 0. The van der Waals surface area contributed by atoms with E-state index in [-0.39, 0.29) is 17.9 Å². The number of carbonyl (C=O) groups excluding carboxylic acids is 2. The zero-order chi connectivity index (χ0) is 8.06. The van der Waals surface area contributed by atoms with Crippen LogP contribution < -0.4 is 0 Å². The molecule has 1 aliphatic heterocycles. The Balaban J connectivity index is 2.39. The maximum atomic E-state index is 11.1. The van der Waals surface area contributed by atoms with Gasteiger partial charge in [-0.05, 0) is 19.8 Å². The number of ether oxygens (including phenoxy) is 1. The maximum absolute atomic E-state index is 11.1. The third kappa shape index (κ3) is 0.682. The topological polar surface area (TPSA) is 43.4 Å². The smallest absolute Gasteiger partial charge is 0.320 e. The Labute approximate surface area is 64.7 Å². The summed E-state index contributed by atoms with van der Waals surface area (Å²) in [4.78, 5) is 22.2. The average molecular weight is 154 g/mol. The molecule has 11 heavy (non-hydrogen) atoms. The molecule has 0 radical (unpaired) electrons. The summed E-state index contributed by atoms with van der Waals surface area (Å²) in [6, 6.07) is 0. The molecule has 0 amide bonds. The van der Waals surface area contributed by atoms with Gasteiger partial charge in [0.25, 0.3) is 0 Å². The summed E-state index contributed by atoms with van der Waals surface area (Å²) in [6.45, 7) is 1.83. The first kappa shape index (κ1) is 6.83. The van der Waals surface area contributed by atoms with Gasteiger partial charge in [-0.2, -0.15) is 0 Å². The van der Waals surface area contributed by atoms with Gasteiger partial charge in [-0.3, -0.25) is 9.59 Å². The monoisotopic (exact) mass is 154 g/mol. The van der Waals surface area contributed by atoms with Gasteiger partial charge in [-0.25, -0.2) is 0 Å². The standard InChI is InChI=1S/C8H10O3/c1-8-4-2-3-5(8)6(9)11-7(8)10/h5H,2-4H2,1H3. The number of hydrogen-bond donors (Lipinski definition) is 0. The van der Waals surface area contributed by atoms with E-state index in [2.05, 4.69) is 4.74 Å². The Kier molecular flexibility index (Phi) is 1.14. The van der Waals surface area contributed by atoms with E-state index in [1.807, 2.05) is 6.92 Å². The van der Waals surface area contributed by atoms with E-state index in [0.29, 0.717) is 0 Å². The van der Waals surface area contributed by atoms with Crippen LogP contribution in [0.4, 0.5) is 0 Å². The zero-order valence-corrected chi connectivity index (χ0v) is 6.42. The molecule has 1 heterocycles. The third-order valence-electron chi connectivity index (χ3n) is 2.90. The molecule has 2 atom stereocenters. The summed E-state index contributed by atoms with van der Waals surface area (Å²) < 4.78 is 4.55. The highest BCUT2D eigenvalue weighted by Gasteiger charge is 2.56. The quantitative estimate of drug-likeness (QED) is 0.384. The Morgan fingerprint density at radius 2 is 2.27 bits per heavy atom. The van der Waals surface area contributed by atoms with Crippen LogP contribution in [0.5, 0.6) is 0 Å². The second-order valence-electron chi connectivity index (χ2n) is 3.57. The van der Waals surface area contributed by atoms with Gasteiger partial charge >= 0.3 is 11.9 Å². The molecule has 3 nitrogen and oxygen atoms in total. The minimum Gasteiger partial charge on any atom is -0.392 e. The van der Waals surface area contributed by atoms with Crippen LogP contribution in [0.15, 0.2) is 0 Å². The normalized spacial score (nSPS) is 42.5. The highest BCUT2D eigenvalue weighted by atomic mass is 16.6. The lowest BCUT2D eigenvalue weighted by Crippen LogP contribution is -2.24. The Morgan fingerprint density at radius 1 is 1.55 bits per heavy atom. The molecular formula is C8H10O3. The largest absolute Gasteiger partial charge is 0.392 e. The number of esters is 2. The van der Waals surface area contributed by atoms with Gasteiger partial charge in [0, 0.05) is 0 Å². The minimum absolute atomic E-state index is 0.144. The summed E-state index contributed by atoms with van der Waals surface area (Å²) in [7, 11) is 0. The molecule has 3 heteroatoms. The molecule has 1 aliphatic carbocycles. The molecule has 0 N–H and O–H groups in total. The lowest BCUT2D eigenvalue weighted by atomic mass is 9.82. The van der Waals surface area contributed by atoms with Crippen molar-refractivity contribution < 1.29 is 14.3 Å². The number of rotatable bonds is 0. The van der Waals surface area contributed by atoms with Crippen LogP contribution in [0.25, 0.3) is 0 Å². The summed E-state index contributed by atoms with van der Waals surface area (Å²) in [6.07, 6.45) is 2.60. The Morgan fingerprint density at radius 3 is 2.91 bits per heavy atom. The molecule has 0 aromatic heterocycles. The van der Waals surface area contributed by atoms with E-state index in [4.69, 9.17) is 0 Å². The van der Waals surface area contributed by atoms with Crippen molar-refractivity contribution in [1.82, 2.24) is 0 Å². The van der Waals surface area contributed by atoms with Gasteiger partial charge in [0.2, 0.25) is 0 Å². The van der Waals surface area contributed by atoms with Crippen molar-refractivity contribution in [2.24, 2.45) is 11.3 Å². The van der Waals surface area contributed by atoms with Gasteiger partial charge in [0.1, 0.15) is 0 Å². The summed E-state index contributed by atoms with van der Waals surface area (Å²) in [5.74, 6) is -0.769. The molecule has 2 rings (SSSR count). The van der Waals surface area contributed by atoms with Crippen LogP contribution in [0.1, 0.15) is 26.2 Å². The molecule has 0 bridgehead atoms. The fraction of sp³-hybridized carbons (Fsp3) is 0.750. The van der Waals surface area contributed by atoms with Crippen molar-refractivity contribution in [1.29, 1.82) is 0 Å². The molecule has 1 saturated heterocycles. The number of hydrogen-bond acceptors (Lipinski definition) is 3. The van der Waals surface area contributed by atoms with E-state index >= 15 is 0 Å². The molecular weight excluding hydrogens is 144 g/mol. The summed E-state index contributed by atoms with van der Waals surface area (Å²) >= 11 is 0. The maximum Gasteiger partial charge on any atom is 0.320 e. The average Bonchev–Trinajstić information content (AvgIpc) is 2.39. The summed E-state index contributed by atoms with van der Waals surface area (Å²) in [5.41, 5.74) is -0.475. The van der Waals surface area contributed by atoms with Crippen LogP contribution in [-0.2, 0) is 14.3 Å². The second-order valence-corrected chi connectivity index (χ2v) is 3.57. The Bertz CT molecular complexity index is 233. The number of cyclic esters (lactones) is 2. The predicted octanol–water partition coefficient (Wildman–Crippen LogP) is 0.876. The molecule has 2 aliphatic rings. The van der Waals surface area contributed by atoms with Crippen LogP contribution in [0.3, 0.4) is 0 Å². The van der Waals surface area contributed by atoms with Gasteiger partial charge < -0.3 is 4.74 Å². The lowest BCUT2D eigenvalue weighted by molar-refractivity contribution is -0.155. The van der Waals surface area contributed by atoms with E-state index in [1.165, 1.54) is 0 Å². The van der Waals surface area contributed by atoms with Crippen LogP contribution in [-0.4, -0.2) is 11.9 Å². The lowest BCUT2D eigenvalue weighted by Gasteiger charge is -2.14. The van der Waals surface area contributed by atoms with Crippen LogP contribution in [0.2, 0.25) is 0 Å². The fourth-order valence-electron chi connectivity index (χ4n) is 2.07. The number of carbonyl (C=O) groups is 2. The molecule has 0 aromatic carbocycles. The van der Waals surface area contributed by atoms with Crippen molar-refractivity contribution in [3.05, 3.63) is 0 Å². The molecule has 0 aromatic rings. The van der Waals surface area contributed by atoms with E-state index in [9.17, 15) is 9.59 Å². The van der Waals surface area contributed by atoms with Crippen LogP contribution in [0, 0.1) is 11.3 Å². The molecule has 1 saturated carbocycles. The first-order chi connectivity index (χ1) is 5.14. The van der Waals surface area contributed by atoms with Crippen molar-refractivity contribution >= 4 is 11.9 Å². The SMILES string of the molecule is CC12CCCC1C(=O)OC2=O. The minimum atomic E-state index is -0.475. The van der Waals surface area contributed by atoms with Crippen molar-refractivity contribution in [2.45, 2.75) is 26.2 Å². The molecule has 60 valence electrons. The van der Waals surface area contributed by atoms with Gasteiger partial charge in [-0.15, -0.1) is 0 Å². The fourth-order valence-corrected chi connectivity index (χ4v) is 2.07. The first-order valence-corrected chi connectivity index (χ1v) is 3.91. The van der Waals surface area contributed by atoms with Crippen molar-refractivity contribution in [3.8, 4) is 0 Å². The van der Waals surface area contributed by atoms with E-state index in [0.717, 1.165) is 19.3 Å². The highest BCUT2D eigenvalue weighted by molar-refractivity contribution is 5.99. The molecule has 2 unspecified atom stereocenters. The van der Waals surface area contributed by atoms with Crippen LogP contribution >= 0.6 is 0 Å². The van der Waals surface area contributed by atoms with Crippen molar-refractivity contribution in [3.63, 3.8) is 0 Å². The van der Waals surface area contributed by atoms with Gasteiger partial charge in [0.05, 0.1) is 11.3 Å². The second kappa shape index (κ2) is 1.84. The predicted molar refractivity (Wildman–Crippen MR) is 36.5 cm³/mol.